The summed E-state index contributed by atoms with van der Waals surface area (Å²) in [6, 6.07) is 6.95. The van der Waals surface area contributed by atoms with Crippen LogP contribution in [0, 0.1) is 12.8 Å². The summed E-state index contributed by atoms with van der Waals surface area (Å²) < 4.78 is 5.17. The van der Waals surface area contributed by atoms with Crippen molar-refractivity contribution >= 4 is 17.8 Å². The van der Waals surface area contributed by atoms with Crippen LogP contribution >= 0.6 is 0 Å². The fourth-order valence-corrected chi connectivity index (χ4v) is 3.31. The molecule has 2 atom stereocenters. The third kappa shape index (κ3) is 3.82. The number of carbonyl (C=O) groups excluding carboxylic acids is 2. The number of likely N-dealkylation sites (tertiary alicyclic amines) is 1. The van der Waals surface area contributed by atoms with Crippen molar-refractivity contribution < 1.29 is 24.2 Å². The lowest BCUT2D eigenvalue weighted by Crippen LogP contribution is -2.54. The quantitative estimate of drug-likeness (QED) is 0.865. The highest BCUT2D eigenvalue weighted by Crippen LogP contribution is 2.24. The second-order valence-corrected chi connectivity index (χ2v) is 6.62. The molecule has 0 bridgehead atoms. The summed E-state index contributed by atoms with van der Waals surface area (Å²) in [5, 5.41) is 9.27. The van der Waals surface area contributed by atoms with Crippen molar-refractivity contribution in [3.05, 3.63) is 35.4 Å². The number of carboxylic acid groups (broad SMARTS) is 1. The molecule has 0 aliphatic carbocycles. The number of rotatable bonds is 4. The van der Waals surface area contributed by atoms with E-state index in [1.54, 1.807) is 4.90 Å². The number of nitrogens with zero attached hydrogens (tertiary/aromatic N) is 2. The minimum absolute atomic E-state index is 0.00514. The Morgan fingerprint density at radius 3 is 2.68 bits per heavy atom. The van der Waals surface area contributed by atoms with Gasteiger partial charge in [0, 0.05) is 26.1 Å². The first-order valence-corrected chi connectivity index (χ1v) is 8.40. The number of amides is 2. The van der Waals surface area contributed by atoms with Gasteiger partial charge in [0.15, 0.2) is 6.04 Å². The molecule has 2 aliphatic heterocycles. The van der Waals surface area contributed by atoms with E-state index in [9.17, 15) is 19.5 Å². The lowest BCUT2D eigenvalue weighted by molar-refractivity contribution is -0.160. The lowest BCUT2D eigenvalue weighted by Gasteiger charge is -2.34. The van der Waals surface area contributed by atoms with Gasteiger partial charge in [0.1, 0.15) is 0 Å². The predicted molar refractivity (Wildman–Crippen MR) is 88.7 cm³/mol. The summed E-state index contributed by atoms with van der Waals surface area (Å²) in [4.78, 5) is 39.4. The number of hydrogen-bond acceptors (Lipinski definition) is 4. The second kappa shape index (κ2) is 7.23. The number of morpholine rings is 1. The average molecular weight is 346 g/mol. The van der Waals surface area contributed by atoms with Gasteiger partial charge in [-0.15, -0.1) is 0 Å². The highest BCUT2D eigenvalue weighted by molar-refractivity contribution is 5.91. The van der Waals surface area contributed by atoms with Crippen LogP contribution in [0.4, 0.5) is 0 Å². The Kier molecular flexibility index (Phi) is 5.03. The Hall–Kier alpha value is -2.41. The van der Waals surface area contributed by atoms with Crippen LogP contribution in [-0.4, -0.2) is 65.0 Å². The van der Waals surface area contributed by atoms with Gasteiger partial charge >= 0.3 is 5.97 Å². The van der Waals surface area contributed by atoms with Gasteiger partial charge < -0.3 is 19.6 Å². The van der Waals surface area contributed by atoms with E-state index in [0.717, 1.165) is 11.1 Å². The van der Waals surface area contributed by atoms with Gasteiger partial charge in [-0.25, -0.2) is 4.79 Å². The monoisotopic (exact) mass is 346 g/mol. The third-order valence-electron chi connectivity index (χ3n) is 4.75. The number of aliphatic carboxylic acids is 1. The lowest BCUT2D eigenvalue weighted by atomic mass is 10.1. The van der Waals surface area contributed by atoms with E-state index in [2.05, 4.69) is 0 Å². The van der Waals surface area contributed by atoms with Gasteiger partial charge in [-0.2, -0.15) is 0 Å². The molecule has 0 saturated carbocycles. The zero-order chi connectivity index (χ0) is 18.0. The van der Waals surface area contributed by atoms with Gasteiger partial charge in [0.25, 0.3) is 0 Å². The number of hydrogen-bond donors (Lipinski definition) is 1. The van der Waals surface area contributed by atoms with E-state index in [4.69, 9.17) is 4.74 Å². The number of ether oxygens (including phenoxy) is 1. The fourth-order valence-electron chi connectivity index (χ4n) is 3.31. The topological polar surface area (TPSA) is 87.2 Å². The molecule has 0 spiro atoms. The summed E-state index contributed by atoms with van der Waals surface area (Å²) in [6.07, 6.45) is 0.133. The summed E-state index contributed by atoms with van der Waals surface area (Å²) in [7, 11) is 0. The van der Waals surface area contributed by atoms with Crippen molar-refractivity contribution in [2.24, 2.45) is 5.92 Å². The first-order valence-electron chi connectivity index (χ1n) is 8.40. The van der Waals surface area contributed by atoms with E-state index in [1.807, 2.05) is 31.2 Å². The standard InChI is InChI=1S/C18H22N2O5/c1-12-2-4-13(5-3-12)9-19-10-14(8-16(19)21)17(22)20-6-7-25-11-15(20)18(23)24/h2-5,14-15H,6-11H2,1H3,(H,23,24)/t14-,15-/m0/s1. The molecule has 7 nitrogen and oxygen atoms in total. The molecule has 2 amide bonds. The van der Waals surface area contributed by atoms with E-state index in [-0.39, 0.29) is 31.4 Å². The largest absolute Gasteiger partial charge is 0.480 e. The molecule has 0 unspecified atom stereocenters. The molecule has 0 aromatic heterocycles. The zero-order valence-corrected chi connectivity index (χ0v) is 14.2. The van der Waals surface area contributed by atoms with Crippen LogP contribution < -0.4 is 0 Å². The maximum absolute atomic E-state index is 12.7. The average Bonchev–Trinajstić information content (AvgIpc) is 2.97. The fraction of sp³-hybridized carbons (Fsp3) is 0.500. The first-order chi connectivity index (χ1) is 12.0. The van der Waals surface area contributed by atoms with Gasteiger partial charge in [-0.05, 0) is 12.5 Å². The van der Waals surface area contributed by atoms with Gasteiger partial charge in [0.05, 0.1) is 19.1 Å². The number of carboxylic acids is 1. The van der Waals surface area contributed by atoms with Gasteiger partial charge in [0.2, 0.25) is 11.8 Å². The van der Waals surface area contributed by atoms with E-state index in [1.165, 1.54) is 4.90 Å². The molecular weight excluding hydrogens is 324 g/mol. The van der Waals surface area contributed by atoms with Crippen LogP contribution in [0.25, 0.3) is 0 Å². The minimum Gasteiger partial charge on any atom is -0.480 e. The zero-order valence-electron chi connectivity index (χ0n) is 14.2. The van der Waals surface area contributed by atoms with Crippen molar-refractivity contribution in [3.63, 3.8) is 0 Å². The molecule has 1 aromatic carbocycles. The Morgan fingerprint density at radius 1 is 1.28 bits per heavy atom. The first kappa shape index (κ1) is 17.4. The molecule has 134 valence electrons. The van der Waals surface area contributed by atoms with E-state index >= 15 is 0 Å². The maximum atomic E-state index is 12.7. The van der Waals surface area contributed by atoms with Crippen LogP contribution in [0.1, 0.15) is 17.5 Å². The molecule has 25 heavy (non-hydrogen) atoms. The minimum atomic E-state index is -1.08. The summed E-state index contributed by atoms with van der Waals surface area (Å²) >= 11 is 0. The molecular formula is C18H22N2O5. The van der Waals surface area contributed by atoms with Gasteiger partial charge in [-0.1, -0.05) is 29.8 Å². The van der Waals surface area contributed by atoms with Crippen LogP contribution in [-0.2, 0) is 25.7 Å². The molecule has 2 aliphatic rings. The van der Waals surface area contributed by atoms with Crippen LogP contribution in [0.2, 0.25) is 0 Å². The Balaban J connectivity index is 1.65. The normalized spacial score (nSPS) is 23.8. The molecule has 1 N–H and O–H groups in total. The molecule has 7 heteroatoms. The summed E-state index contributed by atoms with van der Waals surface area (Å²) in [6.45, 7) is 3.36. The number of carbonyl (C=O) groups is 3. The van der Waals surface area contributed by atoms with Crippen molar-refractivity contribution in [2.75, 3.05) is 26.3 Å². The number of aryl methyl sites for hydroxylation is 1. The Labute approximate surface area is 146 Å². The summed E-state index contributed by atoms with van der Waals surface area (Å²) in [5.41, 5.74) is 2.17. The summed E-state index contributed by atoms with van der Waals surface area (Å²) in [5.74, 6) is -1.90. The van der Waals surface area contributed by atoms with Crippen LogP contribution in [0.15, 0.2) is 24.3 Å². The van der Waals surface area contributed by atoms with Crippen LogP contribution in [0.5, 0.6) is 0 Å². The van der Waals surface area contributed by atoms with Crippen molar-refractivity contribution in [1.29, 1.82) is 0 Å². The predicted octanol–water partition coefficient (Wildman–Crippen LogP) is 0.656. The highest BCUT2D eigenvalue weighted by Gasteiger charge is 2.41. The number of benzene rings is 1. The molecule has 0 radical (unpaired) electrons. The smallest absolute Gasteiger partial charge is 0.328 e. The van der Waals surface area contributed by atoms with Crippen molar-refractivity contribution in [2.45, 2.75) is 25.9 Å². The van der Waals surface area contributed by atoms with Gasteiger partial charge in [-0.3, -0.25) is 9.59 Å². The second-order valence-electron chi connectivity index (χ2n) is 6.62. The molecule has 2 heterocycles. The maximum Gasteiger partial charge on any atom is 0.328 e. The third-order valence-corrected chi connectivity index (χ3v) is 4.75. The Morgan fingerprint density at radius 2 is 2.00 bits per heavy atom. The molecule has 1 aromatic rings. The Bertz CT molecular complexity index is 673. The van der Waals surface area contributed by atoms with Crippen LogP contribution in [0.3, 0.4) is 0 Å². The van der Waals surface area contributed by atoms with E-state index < -0.39 is 17.9 Å². The molecule has 2 fully saturated rings. The SMILES string of the molecule is Cc1ccc(CN2C[C@@H](C(=O)N3CCOC[C@H]3C(=O)O)CC2=O)cc1. The van der Waals surface area contributed by atoms with Crippen molar-refractivity contribution in [3.8, 4) is 0 Å². The van der Waals surface area contributed by atoms with Crippen molar-refractivity contribution in [1.82, 2.24) is 9.80 Å². The molecule has 3 rings (SSSR count). The van der Waals surface area contributed by atoms with E-state index in [0.29, 0.717) is 19.7 Å². The molecule has 2 saturated heterocycles. The highest BCUT2D eigenvalue weighted by atomic mass is 16.5.